The van der Waals surface area contributed by atoms with Gasteiger partial charge in [0.25, 0.3) is 0 Å². The standard InChI is InChI=1S/C15H26N4O/c1-12(2)11-19-8-7-17-14(19)10-18-15(20)4-3-13-5-6-16-9-13/h7-8,12-13,16H,3-6,9-11H2,1-2H3,(H,18,20). The number of carbonyl (C=O) groups is 1. The van der Waals surface area contributed by atoms with Crippen molar-refractivity contribution in [2.24, 2.45) is 11.8 Å². The molecule has 2 rings (SSSR count). The summed E-state index contributed by atoms with van der Waals surface area (Å²) in [6.07, 6.45) is 6.59. The van der Waals surface area contributed by atoms with Crippen LogP contribution in [0.3, 0.4) is 0 Å². The van der Waals surface area contributed by atoms with Crippen molar-refractivity contribution in [2.75, 3.05) is 13.1 Å². The zero-order valence-electron chi connectivity index (χ0n) is 12.6. The highest BCUT2D eigenvalue weighted by Crippen LogP contribution is 2.14. The summed E-state index contributed by atoms with van der Waals surface area (Å²) in [5, 5.41) is 6.31. The molecule has 2 N–H and O–H groups in total. The van der Waals surface area contributed by atoms with Gasteiger partial charge in [-0.2, -0.15) is 0 Å². The Morgan fingerprint density at radius 2 is 2.45 bits per heavy atom. The fraction of sp³-hybridized carbons (Fsp3) is 0.733. The molecule has 1 aliphatic rings. The van der Waals surface area contributed by atoms with Crippen LogP contribution in [0.15, 0.2) is 12.4 Å². The first-order valence-corrected chi connectivity index (χ1v) is 7.62. The van der Waals surface area contributed by atoms with Crippen molar-refractivity contribution < 1.29 is 4.79 Å². The van der Waals surface area contributed by atoms with E-state index in [1.807, 2.05) is 6.20 Å². The second-order valence-electron chi connectivity index (χ2n) is 6.06. The summed E-state index contributed by atoms with van der Waals surface area (Å²) in [6, 6.07) is 0. The molecular formula is C15H26N4O. The maximum atomic E-state index is 11.9. The average molecular weight is 278 g/mol. The van der Waals surface area contributed by atoms with E-state index in [1.165, 1.54) is 6.42 Å². The van der Waals surface area contributed by atoms with Crippen molar-refractivity contribution in [1.29, 1.82) is 0 Å². The SMILES string of the molecule is CC(C)Cn1ccnc1CNC(=O)CCC1CCNC1. The zero-order chi connectivity index (χ0) is 14.4. The van der Waals surface area contributed by atoms with Gasteiger partial charge in [0, 0.05) is 25.4 Å². The number of nitrogens with one attached hydrogen (secondary N) is 2. The van der Waals surface area contributed by atoms with Crippen LogP contribution in [0.4, 0.5) is 0 Å². The van der Waals surface area contributed by atoms with Crippen molar-refractivity contribution in [2.45, 2.75) is 46.2 Å². The largest absolute Gasteiger partial charge is 0.349 e. The van der Waals surface area contributed by atoms with E-state index >= 15 is 0 Å². The molecule has 1 aromatic rings. The molecule has 1 saturated heterocycles. The van der Waals surface area contributed by atoms with E-state index in [1.54, 1.807) is 6.20 Å². The summed E-state index contributed by atoms with van der Waals surface area (Å²) >= 11 is 0. The van der Waals surface area contributed by atoms with Crippen LogP contribution in [0, 0.1) is 11.8 Å². The molecule has 5 heteroatoms. The molecule has 0 aliphatic carbocycles. The van der Waals surface area contributed by atoms with E-state index in [0.29, 0.717) is 24.8 Å². The van der Waals surface area contributed by atoms with Gasteiger partial charge < -0.3 is 15.2 Å². The lowest BCUT2D eigenvalue weighted by Gasteiger charge is -2.11. The Morgan fingerprint density at radius 1 is 1.60 bits per heavy atom. The van der Waals surface area contributed by atoms with E-state index < -0.39 is 0 Å². The van der Waals surface area contributed by atoms with Crippen LogP contribution in [0.25, 0.3) is 0 Å². The number of rotatable bonds is 7. The van der Waals surface area contributed by atoms with Gasteiger partial charge in [0.05, 0.1) is 6.54 Å². The minimum Gasteiger partial charge on any atom is -0.349 e. The maximum Gasteiger partial charge on any atom is 0.220 e. The number of hydrogen-bond acceptors (Lipinski definition) is 3. The summed E-state index contributed by atoms with van der Waals surface area (Å²) < 4.78 is 2.12. The first-order chi connectivity index (χ1) is 9.65. The summed E-state index contributed by atoms with van der Waals surface area (Å²) in [7, 11) is 0. The van der Waals surface area contributed by atoms with Crippen LogP contribution in [0.1, 0.15) is 38.9 Å². The third kappa shape index (κ3) is 4.63. The Morgan fingerprint density at radius 3 is 3.15 bits per heavy atom. The molecule has 1 atom stereocenters. The minimum absolute atomic E-state index is 0.135. The van der Waals surface area contributed by atoms with Crippen LogP contribution in [-0.4, -0.2) is 28.5 Å². The summed E-state index contributed by atoms with van der Waals surface area (Å²) in [6.45, 7) is 7.99. The van der Waals surface area contributed by atoms with Crippen LogP contribution >= 0.6 is 0 Å². The predicted octanol–water partition coefficient (Wildman–Crippen LogP) is 1.54. The average Bonchev–Trinajstić information content (AvgIpc) is 3.04. The predicted molar refractivity (Wildman–Crippen MR) is 79.1 cm³/mol. The molecule has 0 saturated carbocycles. The van der Waals surface area contributed by atoms with Crippen LogP contribution in [0.5, 0.6) is 0 Å². The molecule has 5 nitrogen and oxygen atoms in total. The fourth-order valence-electron chi connectivity index (χ4n) is 2.63. The van der Waals surface area contributed by atoms with E-state index in [9.17, 15) is 4.79 Å². The zero-order valence-corrected chi connectivity index (χ0v) is 12.6. The molecule has 0 bridgehead atoms. The van der Waals surface area contributed by atoms with Gasteiger partial charge >= 0.3 is 0 Å². The molecule has 0 radical (unpaired) electrons. The maximum absolute atomic E-state index is 11.9. The Balaban J connectivity index is 1.71. The second kappa shape index (κ2) is 7.43. The van der Waals surface area contributed by atoms with E-state index in [0.717, 1.165) is 31.9 Å². The van der Waals surface area contributed by atoms with Crippen LogP contribution < -0.4 is 10.6 Å². The Hall–Kier alpha value is -1.36. The molecule has 1 amide bonds. The Labute approximate surface area is 121 Å². The number of nitrogens with zero attached hydrogens (tertiary/aromatic N) is 2. The van der Waals surface area contributed by atoms with Crippen LogP contribution in [0.2, 0.25) is 0 Å². The molecule has 112 valence electrons. The lowest BCUT2D eigenvalue weighted by Crippen LogP contribution is -2.25. The van der Waals surface area contributed by atoms with E-state index in [4.69, 9.17) is 0 Å². The topological polar surface area (TPSA) is 59.0 Å². The smallest absolute Gasteiger partial charge is 0.220 e. The lowest BCUT2D eigenvalue weighted by atomic mass is 10.0. The lowest BCUT2D eigenvalue weighted by molar-refractivity contribution is -0.121. The van der Waals surface area contributed by atoms with Gasteiger partial charge in [0.1, 0.15) is 5.82 Å². The molecular weight excluding hydrogens is 252 g/mol. The third-order valence-electron chi connectivity index (χ3n) is 3.75. The molecule has 2 heterocycles. The van der Waals surface area contributed by atoms with E-state index in [-0.39, 0.29) is 5.91 Å². The van der Waals surface area contributed by atoms with Crippen molar-refractivity contribution in [3.8, 4) is 0 Å². The van der Waals surface area contributed by atoms with Gasteiger partial charge in [-0.05, 0) is 37.8 Å². The number of amides is 1. The molecule has 0 spiro atoms. The monoisotopic (exact) mass is 278 g/mol. The number of aromatic nitrogens is 2. The fourth-order valence-corrected chi connectivity index (χ4v) is 2.63. The highest BCUT2D eigenvalue weighted by molar-refractivity contribution is 5.75. The van der Waals surface area contributed by atoms with Gasteiger partial charge in [-0.15, -0.1) is 0 Å². The van der Waals surface area contributed by atoms with Crippen molar-refractivity contribution in [3.05, 3.63) is 18.2 Å². The van der Waals surface area contributed by atoms with Gasteiger partial charge in [-0.3, -0.25) is 4.79 Å². The first kappa shape index (κ1) is 15.0. The van der Waals surface area contributed by atoms with Gasteiger partial charge in [0.15, 0.2) is 0 Å². The molecule has 1 fully saturated rings. The number of imidazole rings is 1. The minimum atomic E-state index is 0.135. The number of hydrogen-bond donors (Lipinski definition) is 2. The Bertz CT molecular complexity index is 421. The molecule has 20 heavy (non-hydrogen) atoms. The third-order valence-corrected chi connectivity index (χ3v) is 3.75. The van der Waals surface area contributed by atoms with Crippen molar-refractivity contribution >= 4 is 5.91 Å². The molecule has 1 aromatic heterocycles. The molecule has 0 aromatic carbocycles. The molecule has 1 aliphatic heterocycles. The first-order valence-electron chi connectivity index (χ1n) is 7.62. The van der Waals surface area contributed by atoms with Gasteiger partial charge in [-0.25, -0.2) is 4.98 Å². The quantitative estimate of drug-likeness (QED) is 0.795. The summed E-state index contributed by atoms with van der Waals surface area (Å²) in [4.78, 5) is 16.2. The van der Waals surface area contributed by atoms with Crippen molar-refractivity contribution in [1.82, 2.24) is 20.2 Å². The highest BCUT2D eigenvalue weighted by Gasteiger charge is 2.15. The highest BCUT2D eigenvalue weighted by atomic mass is 16.1. The normalized spacial score (nSPS) is 18.6. The summed E-state index contributed by atoms with van der Waals surface area (Å²) in [5.74, 6) is 2.32. The van der Waals surface area contributed by atoms with Gasteiger partial charge in [-0.1, -0.05) is 13.8 Å². The molecule has 1 unspecified atom stereocenters. The van der Waals surface area contributed by atoms with E-state index in [2.05, 4.69) is 34.0 Å². The van der Waals surface area contributed by atoms with Gasteiger partial charge in [0.2, 0.25) is 5.91 Å². The second-order valence-corrected chi connectivity index (χ2v) is 6.06. The van der Waals surface area contributed by atoms with Crippen molar-refractivity contribution in [3.63, 3.8) is 0 Å². The number of carbonyl (C=O) groups excluding carboxylic acids is 1. The van der Waals surface area contributed by atoms with Crippen LogP contribution in [-0.2, 0) is 17.9 Å². The summed E-state index contributed by atoms with van der Waals surface area (Å²) in [5.41, 5.74) is 0. The Kier molecular flexibility index (Phi) is 5.59.